The monoisotopic (exact) mass is 271 g/mol. The summed E-state index contributed by atoms with van der Waals surface area (Å²) < 4.78 is 4.82. The lowest BCUT2D eigenvalue weighted by atomic mass is 10.0. The number of benzene rings is 1. The SMILES string of the molecule is Cc1noc(NC(=O)c2ccc(C)c(C#CCO)c2)n1. The molecule has 0 fully saturated rings. The number of nitrogens with zero attached hydrogens (tertiary/aromatic N) is 2. The number of aromatic nitrogens is 2. The molecule has 1 aromatic heterocycles. The van der Waals surface area contributed by atoms with Crippen molar-refractivity contribution >= 4 is 11.9 Å². The summed E-state index contributed by atoms with van der Waals surface area (Å²) in [5.41, 5.74) is 2.04. The second kappa shape index (κ2) is 5.99. The second-order valence-corrected chi connectivity index (χ2v) is 4.09. The first-order valence-electron chi connectivity index (χ1n) is 5.92. The molecule has 0 aliphatic rings. The normalized spacial score (nSPS) is 9.75. The second-order valence-electron chi connectivity index (χ2n) is 4.09. The van der Waals surface area contributed by atoms with Crippen molar-refractivity contribution in [2.45, 2.75) is 13.8 Å². The third-order valence-corrected chi connectivity index (χ3v) is 2.55. The van der Waals surface area contributed by atoms with E-state index in [1.54, 1.807) is 25.1 Å². The van der Waals surface area contributed by atoms with Crippen LogP contribution in [0.3, 0.4) is 0 Å². The van der Waals surface area contributed by atoms with Crippen molar-refractivity contribution in [1.82, 2.24) is 10.1 Å². The summed E-state index contributed by atoms with van der Waals surface area (Å²) in [4.78, 5) is 15.9. The molecule has 0 saturated heterocycles. The first-order valence-corrected chi connectivity index (χ1v) is 5.92. The summed E-state index contributed by atoms with van der Waals surface area (Å²) in [7, 11) is 0. The van der Waals surface area contributed by atoms with Crippen molar-refractivity contribution in [2.24, 2.45) is 0 Å². The van der Waals surface area contributed by atoms with Crippen LogP contribution in [0.4, 0.5) is 6.01 Å². The van der Waals surface area contributed by atoms with E-state index in [9.17, 15) is 4.79 Å². The van der Waals surface area contributed by atoms with Crippen LogP contribution in [-0.2, 0) is 0 Å². The lowest BCUT2D eigenvalue weighted by Crippen LogP contribution is -2.12. The predicted molar refractivity (Wildman–Crippen MR) is 72.1 cm³/mol. The first-order chi connectivity index (χ1) is 9.60. The van der Waals surface area contributed by atoms with E-state index >= 15 is 0 Å². The maximum atomic E-state index is 12.0. The molecule has 0 bridgehead atoms. The highest BCUT2D eigenvalue weighted by Gasteiger charge is 2.11. The standard InChI is InChI=1S/C14H13N3O3/c1-9-5-6-12(8-11(9)4-3-7-18)13(19)16-14-15-10(2)17-20-14/h5-6,8,18H,7H2,1-2H3,(H,15,16,17,19). The molecule has 0 radical (unpaired) electrons. The van der Waals surface area contributed by atoms with Crippen molar-refractivity contribution < 1.29 is 14.4 Å². The van der Waals surface area contributed by atoms with Crippen molar-refractivity contribution in [3.8, 4) is 11.8 Å². The maximum Gasteiger partial charge on any atom is 0.328 e. The highest BCUT2D eigenvalue weighted by Crippen LogP contribution is 2.12. The van der Waals surface area contributed by atoms with E-state index < -0.39 is 0 Å². The maximum absolute atomic E-state index is 12.0. The van der Waals surface area contributed by atoms with Crippen molar-refractivity contribution in [1.29, 1.82) is 0 Å². The Bertz CT molecular complexity index is 695. The number of hydrogen-bond acceptors (Lipinski definition) is 5. The fourth-order valence-electron chi connectivity index (χ4n) is 1.55. The number of carbonyl (C=O) groups is 1. The number of aliphatic hydroxyl groups is 1. The highest BCUT2D eigenvalue weighted by atomic mass is 16.5. The fourth-order valence-corrected chi connectivity index (χ4v) is 1.55. The first kappa shape index (κ1) is 13.8. The number of aliphatic hydroxyl groups excluding tert-OH is 1. The van der Waals surface area contributed by atoms with Crippen LogP contribution >= 0.6 is 0 Å². The number of nitrogens with one attached hydrogen (secondary N) is 1. The number of anilines is 1. The Kier molecular flexibility index (Phi) is 4.13. The molecule has 0 aliphatic carbocycles. The van der Waals surface area contributed by atoms with E-state index in [-0.39, 0.29) is 18.5 Å². The van der Waals surface area contributed by atoms with Gasteiger partial charge in [-0.25, -0.2) is 0 Å². The van der Waals surface area contributed by atoms with E-state index in [4.69, 9.17) is 9.63 Å². The van der Waals surface area contributed by atoms with E-state index in [0.29, 0.717) is 17.0 Å². The van der Waals surface area contributed by atoms with Gasteiger partial charge >= 0.3 is 6.01 Å². The predicted octanol–water partition coefficient (Wildman–Crippen LogP) is 1.28. The van der Waals surface area contributed by atoms with Crippen LogP contribution in [0.25, 0.3) is 0 Å². The van der Waals surface area contributed by atoms with E-state index in [2.05, 4.69) is 27.3 Å². The molecule has 6 heteroatoms. The van der Waals surface area contributed by atoms with Gasteiger partial charge in [0.25, 0.3) is 5.91 Å². The molecule has 2 rings (SSSR count). The smallest absolute Gasteiger partial charge is 0.328 e. The fraction of sp³-hybridized carbons (Fsp3) is 0.214. The van der Waals surface area contributed by atoms with Gasteiger partial charge in [0.2, 0.25) is 0 Å². The van der Waals surface area contributed by atoms with Gasteiger partial charge in [0.05, 0.1) is 0 Å². The van der Waals surface area contributed by atoms with Gasteiger partial charge in [0, 0.05) is 11.1 Å². The minimum Gasteiger partial charge on any atom is -0.384 e. The van der Waals surface area contributed by atoms with Gasteiger partial charge in [-0.05, 0) is 31.5 Å². The zero-order valence-corrected chi connectivity index (χ0v) is 11.1. The van der Waals surface area contributed by atoms with Crippen LogP contribution in [0, 0.1) is 25.7 Å². The molecule has 0 unspecified atom stereocenters. The molecule has 0 spiro atoms. The molecule has 1 aromatic carbocycles. The Morgan fingerprint density at radius 1 is 1.45 bits per heavy atom. The number of rotatable bonds is 2. The Morgan fingerprint density at radius 3 is 2.90 bits per heavy atom. The molecule has 2 N–H and O–H groups in total. The summed E-state index contributed by atoms with van der Waals surface area (Å²) in [5.74, 6) is 5.43. The molecular formula is C14H13N3O3. The van der Waals surface area contributed by atoms with E-state index in [1.807, 2.05) is 6.92 Å². The van der Waals surface area contributed by atoms with E-state index in [1.165, 1.54) is 0 Å². The Labute approximate surface area is 115 Å². The number of aryl methyl sites for hydroxylation is 2. The molecule has 6 nitrogen and oxygen atoms in total. The Balaban J connectivity index is 2.22. The zero-order chi connectivity index (χ0) is 14.5. The van der Waals surface area contributed by atoms with Gasteiger partial charge in [-0.3, -0.25) is 10.1 Å². The van der Waals surface area contributed by atoms with Crippen LogP contribution in [0.2, 0.25) is 0 Å². The van der Waals surface area contributed by atoms with E-state index in [0.717, 1.165) is 5.56 Å². The molecule has 1 heterocycles. The average molecular weight is 271 g/mol. The number of amides is 1. The minimum absolute atomic E-state index is 0.0519. The van der Waals surface area contributed by atoms with Crippen LogP contribution in [0.1, 0.15) is 27.3 Å². The van der Waals surface area contributed by atoms with Crippen LogP contribution in [0.15, 0.2) is 22.7 Å². The third kappa shape index (κ3) is 3.22. The third-order valence-electron chi connectivity index (χ3n) is 2.55. The van der Waals surface area contributed by atoms with Crippen molar-refractivity contribution in [3.05, 3.63) is 40.7 Å². The molecule has 20 heavy (non-hydrogen) atoms. The Morgan fingerprint density at radius 2 is 2.25 bits per heavy atom. The van der Waals surface area contributed by atoms with Crippen LogP contribution in [-0.4, -0.2) is 27.8 Å². The topological polar surface area (TPSA) is 88.2 Å². The minimum atomic E-state index is -0.360. The summed E-state index contributed by atoms with van der Waals surface area (Å²) in [6.07, 6.45) is 0. The molecular weight excluding hydrogens is 258 g/mol. The van der Waals surface area contributed by atoms with Gasteiger partial charge < -0.3 is 9.63 Å². The molecule has 0 aliphatic heterocycles. The molecule has 1 amide bonds. The average Bonchev–Trinajstić information content (AvgIpc) is 2.83. The van der Waals surface area contributed by atoms with Crippen LogP contribution < -0.4 is 5.32 Å². The highest BCUT2D eigenvalue weighted by molar-refractivity contribution is 6.03. The molecule has 0 atom stereocenters. The molecule has 2 aromatic rings. The van der Waals surface area contributed by atoms with Crippen molar-refractivity contribution in [3.63, 3.8) is 0 Å². The molecule has 102 valence electrons. The quantitative estimate of drug-likeness (QED) is 0.803. The zero-order valence-electron chi connectivity index (χ0n) is 11.1. The van der Waals surface area contributed by atoms with Gasteiger partial charge in [0.1, 0.15) is 6.61 Å². The number of hydrogen-bond donors (Lipinski definition) is 2. The van der Waals surface area contributed by atoms with Gasteiger partial charge in [-0.15, -0.1) is 0 Å². The summed E-state index contributed by atoms with van der Waals surface area (Å²) in [5, 5.41) is 14.8. The Hall–Kier alpha value is -2.65. The summed E-state index contributed by atoms with van der Waals surface area (Å²) in [6.45, 7) is 3.31. The van der Waals surface area contributed by atoms with Gasteiger partial charge in [0.15, 0.2) is 5.82 Å². The van der Waals surface area contributed by atoms with Crippen LogP contribution in [0.5, 0.6) is 0 Å². The lowest BCUT2D eigenvalue weighted by Gasteiger charge is -2.03. The van der Waals surface area contributed by atoms with Crippen molar-refractivity contribution in [2.75, 3.05) is 11.9 Å². The number of carbonyl (C=O) groups excluding carboxylic acids is 1. The summed E-state index contributed by atoms with van der Waals surface area (Å²) in [6, 6.07) is 5.17. The van der Waals surface area contributed by atoms with Gasteiger partial charge in [-0.2, -0.15) is 4.98 Å². The van der Waals surface area contributed by atoms with Gasteiger partial charge in [-0.1, -0.05) is 23.1 Å². The molecule has 0 saturated carbocycles. The largest absolute Gasteiger partial charge is 0.384 e. The lowest BCUT2D eigenvalue weighted by molar-refractivity contribution is 0.102. The summed E-state index contributed by atoms with van der Waals surface area (Å²) >= 11 is 0.